The molecule has 0 unspecified atom stereocenters. The van der Waals surface area contributed by atoms with E-state index < -0.39 is 3.79 Å². The third-order valence-corrected chi connectivity index (χ3v) is 2.98. The van der Waals surface area contributed by atoms with Gasteiger partial charge < -0.3 is 9.26 Å². The molecule has 0 amide bonds. The lowest BCUT2D eigenvalue weighted by Gasteiger charge is -2.05. The molecule has 1 aromatic heterocycles. The Labute approximate surface area is 133 Å². The zero-order valence-corrected chi connectivity index (χ0v) is 12.8. The first-order valence-corrected chi connectivity index (χ1v) is 6.73. The summed E-state index contributed by atoms with van der Waals surface area (Å²) in [6.45, 7) is 0.0194. The molecule has 1 heterocycles. The monoisotopic (exact) mass is 360 g/mol. The van der Waals surface area contributed by atoms with Crippen molar-refractivity contribution in [3.05, 3.63) is 40.0 Å². The van der Waals surface area contributed by atoms with Crippen LogP contribution in [-0.4, -0.2) is 10.1 Å². The lowest BCUT2D eigenvalue weighted by Crippen LogP contribution is -2.02. The summed E-state index contributed by atoms with van der Waals surface area (Å²) in [6, 6.07) is 4.83. The summed E-state index contributed by atoms with van der Waals surface area (Å²) < 4.78 is 8.41. The molecule has 102 valence electrons. The van der Waals surface area contributed by atoms with Crippen molar-refractivity contribution in [1.29, 1.82) is 0 Å². The van der Waals surface area contributed by atoms with Gasteiger partial charge in [0.25, 0.3) is 9.68 Å². The summed E-state index contributed by atoms with van der Waals surface area (Å²) in [5, 5.41) is 4.49. The van der Waals surface area contributed by atoms with E-state index in [4.69, 9.17) is 67.3 Å². The third kappa shape index (κ3) is 4.04. The van der Waals surface area contributed by atoms with E-state index >= 15 is 0 Å². The first kappa shape index (κ1) is 15.0. The summed E-state index contributed by atoms with van der Waals surface area (Å²) >= 11 is 28.5. The molecule has 0 fully saturated rings. The highest BCUT2D eigenvalue weighted by Crippen LogP contribution is 2.36. The van der Waals surface area contributed by atoms with Crippen molar-refractivity contribution >= 4 is 58.0 Å². The van der Waals surface area contributed by atoms with Gasteiger partial charge in [0, 0.05) is 5.02 Å². The van der Waals surface area contributed by atoms with Crippen LogP contribution in [0.15, 0.2) is 22.7 Å². The van der Waals surface area contributed by atoms with Gasteiger partial charge in [-0.1, -0.05) is 63.2 Å². The minimum absolute atomic E-state index is 0.0194. The topological polar surface area (TPSA) is 48.2 Å². The number of aromatic nitrogens is 2. The van der Waals surface area contributed by atoms with Crippen LogP contribution in [0.3, 0.4) is 0 Å². The number of hydrogen-bond acceptors (Lipinski definition) is 4. The molecule has 0 spiro atoms. The number of nitrogens with zero attached hydrogens (tertiary/aromatic N) is 2. The van der Waals surface area contributed by atoms with Crippen LogP contribution in [0.2, 0.25) is 10.0 Å². The highest BCUT2D eigenvalue weighted by Gasteiger charge is 2.30. The highest BCUT2D eigenvalue weighted by atomic mass is 35.6. The molecule has 0 bridgehead atoms. The predicted octanol–water partition coefficient (Wildman–Crippen LogP) is 4.78. The van der Waals surface area contributed by atoms with Gasteiger partial charge in [0.2, 0.25) is 5.82 Å². The Kier molecular flexibility index (Phi) is 4.69. The molecule has 0 saturated heterocycles. The Morgan fingerprint density at radius 2 is 1.95 bits per heavy atom. The molecule has 2 rings (SSSR count). The van der Waals surface area contributed by atoms with Crippen molar-refractivity contribution in [2.75, 3.05) is 0 Å². The van der Waals surface area contributed by atoms with Crippen LogP contribution in [0.25, 0.3) is 0 Å². The minimum atomic E-state index is -1.76. The smallest absolute Gasteiger partial charge is 0.278 e. The molecule has 4 nitrogen and oxygen atoms in total. The average molecular weight is 362 g/mol. The van der Waals surface area contributed by atoms with E-state index in [1.54, 1.807) is 18.2 Å². The fourth-order valence-electron chi connectivity index (χ4n) is 1.16. The summed E-state index contributed by atoms with van der Waals surface area (Å²) in [5.41, 5.74) is 0. The van der Waals surface area contributed by atoms with Crippen LogP contribution in [0.4, 0.5) is 0 Å². The number of ether oxygens (including phenoxy) is 1. The van der Waals surface area contributed by atoms with Gasteiger partial charge in [-0.3, -0.25) is 0 Å². The molecule has 0 saturated carbocycles. The van der Waals surface area contributed by atoms with Crippen LogP contribution in [0, 0.1) is 0 Å². The van der Waals surface area contributed by atoms with Gasteiger partial charge in [-0.25, -0.2) is 0 Å². The molecule has 0 atom stereocenters. The Balaban J connectivity index is 2.04. The number of rotatable bonds is 3. The molecule has 0 aliphatic rings. The fourth-order valence-corrected chi connectivity index (χ4v) is 1.86. The van der Waals surface area contributed by atoms with Gasteiger partial charge in [-0.15, -0.1) is 0 Å². The van der Waals surface area contributed by atoms with Crippen LogP contribution < -0.4 is 4.74 Å². The van der Waals surface area contributed by atoms with E-state index in [1.807, 2.05) is 0 Å². The number of benzene rings is 1. The second kappa shape index (κ2) is 5.94. The zero-order chi connectivity index (χ0) is 14.0. The third-order valence-electron chi connectivity index (χ3n) is 1.96. The second-order valence-electron chi connectivity index (χ2n) is 3.38. The highest BCUT2D eigenvalue weighted by molar-refractivity contribution is 6.66. The van der Waals surface area contributed by atoms with Gasteiger partial charge in [-0.2, -0.15) is 4.98 Å². The second-order valence-corrected chi connectivity index (χ2v) is 6.50. The Morgan fingerprint density at radius 1 is 1.21 bits per heavy atom. The van der Waals surface area contributed by atoms with Gasteiger partial charge >= 0.3 is 0 Å². The van der Waals surface area contributed by atoms with E-state index in [0.717, 1.165) is 0 Å². The van der Waals surface area contributed by atoms with E-state index in [-0.39, 0.29) is 18.3 Å². The van der Waals surface area contributed by atoms with E-state index in [1.165, 1.54) is 0 Å². The number of hydrogen-bond donors (Lipinski definition) is 0. The van der Waals surface area contributed by atoms with Gasteiger partial charge in [-0.05, 0) is 18.2 Å². The standard InChI is InChI=1S/C10H5Cl5N2O2/c11-5-1-2-7(6(12)3-5)18-4-8-16-9(19-17-8)10(13,14)15/h1-3H,4H2. The Morgan fingerprint density at radius 3 is 2.53 bits per heavy atom. The molecule has 2 aromatic rings. The van der Waals surface area contributed by atoms with Crippen molar-refractivity contribution in [2.45, 2.75) is 10.4 Å². The summed E-state index contributed by atoms with van der Waals surface area (Å²) in [4.78, 5) is 3.88. The molecule has 9 heteroatoms. The van der Waals surface area contributed by atoms with Crippen molar-refractivity contribution in [1.82, 2.24) is 10.1 Å². The number of alkyl halides is 3. The molecule has 19 heavy (non-hydrogen) atoms. The van der Waals surface area contributed by atoms with Crippen molar-refractivity contribution in [3.63, 3.8) is 0 Å². The van der Waals surface area contributed by atoms with Crippen LogP contribution >= 0.6 is 58.0 Å². The largest absolute Gasteiger partial charge is 0.484 e. The summed E-state index contributed by atoms with van der Waals surface area (Å²) in [6.07, 6.45) is 0. The van der Waals surface area contributed by atoms with Crippen LogP contribution in [0.5, 0.6) is 5.75 Å². The predicted molar refractivity (Wildman–Crippen MR) is 74.3 cm³/mol. The van der Waals surface area contributed by atoms with Crippen molar-refractivity contribution in [3.8, 4) is 5.75 Å². The lowest BCUT2D eigenvalue weighted by atomic mass is 10.3. The van der Waals surface area contributed by atoms with Crippen molar-refractivity contribution < 1.29 is 9.26 Å². The SMILES string of the molecule is Clc1ccc(OCc2noc(C(Cl)(Cl)Cl)n2)c(Cl)c1. The van der Waals surface area contributed by atoms with Crippen molar-refractivity contribution in [2.24, 2.45) is 0 Å². The average Bonchev–Trinajstić information content (AvgIpc) is 2.76. The molecule has 0 aliphatic carbocycles. The zero-order valence-electron chi connectivity index (χ0n) is 9.04. The summed E-state index contributed by atoms with van der Waals surface area (Å²) in [5.74, 6) is 0.539. The molecule has 0 radical (unpaired) electrons. The fraction of sp³-hybridized carbons (Fsp3) is 0.200. The van der Waals surface area contributed by atoms with E-state index in [0.29, 0.717) is 15.8 Å². The van der Waals surface area contributed by atoms with Crippen LogP contribution in [-0.2, 0) is 10.4 Å². The number of halogens is 5. The van der Waals surface area contributed by atoms with E-state index in [2.05, 4.69) is 10.1 Å². The molecule has 0 aliphatic heterocycles. The van der Waals surface area contributed by atoms with Gasteiger partial charge in [0.15, 0.2) is 6.61 Å². The Bertz CT molecular complexity index is 582. The maximum Gasteiger partial charge on any atom is 0.278 e. The normalized spacial score (nSPS) is 11.6. The van der Waals surface area contributed by atoms with E-state index in [9.17, 15) is 0 Å². The molecule has 1 aromatic carbocycles. The minimum Gasteiger partial charge on any atom is -0.484 e. The maximum absolute atomic E-state index is 5.94. The maximum atomic E-state index is 5.94. The van der Waals surface area contributed by atoms with Crippen LogP contribution in [0.1, 0.15) is 11.7 Å². The molecule has 0 N–H and O–H groups in total. The Hall–Kier alpha value is -0.390. The molecular weight excluding hydrogens is 357 g/mol. The molecular formula is C10H5Cl5N2O2. The lowest BCUT2D eigenvalue weighted by molar-refractivity contribution is 0.285. The van der Waals surface area contributed by atoms with Gasteiger partial charge in [0.05, 0.1) is 5.02 Å². The summed E-state index contributed by atoms with van der Waals surface area (Å²) in [7, 11) is 0. The first-order chi connectivity index (χ1) is 8.86. The van der Waals surface area contributed by atoms with Gasteiger partial charge in [0.1, 0.15) is 5.75 Å². The first-order valence-electron chi connectivity index (χ1n) is 4.84. The quantitative estimate of drug-likeness (QED) is 0.737.